The molecule has 168 valence electrons. The lowest BCUT2D eigenvalue weighted by atomic mass is 9.94. The minimum atomic E-state index is -0.00320. The first kappa shape index (κ1) is 22.7. The first-order valence-corrected chi connectivity index (χ1v) is 12.3. The molecule has 2 amide bonds. The molecule has 1 aromatic heterocycles. The fraction of sp³-hybridized carbons (Fsp3) is 0.370. The molecule has 5 heteroatoms. The van der Waals surface area contributed by atoms with E-state index < -0.39 is 0 Å². The van der Waals surface area contributed by atoms with Gasteiger partial charge in [-0.3, -0.25) is 0 Å². The molecule has 0 saturated heterocycles. The van der Waals surface area contributed by atoms with Crippen molar-refractivity contribution in [2.24, 2.45) is 0 Å². The maximum absolute atomic E-state index is 13.4. The van der Waals surface area contributed by atoms with Gasteiger partial charge in [-0.1, -0.05) is 53.4 Å². The van der Waals surface area contributed by atoms with Gasteiger partial charge in [0, 0.05) is 34.6 Å². The fourth-order valence-electron chi connectivity index (χ4n) is 4.48. The molecule has 2 aromatic carbocycles. The quantitative estimate of drug-likeness (QED) is 0.384. The van der Waals surface area contributed by atoms with Crippen molar-refractivity contribution in [1.82, 2.24) is 9.47 Å². The number of hydrogen-bond acceptors (Lipinski definition) is 1. The van der Waals surface area contributed by atoms with Crippen LogP contribution in [0.1, 0.15) is 54.5 Å². The van der Waals surface area contributed by atoms with Crippen LogP contribution < -0.4 is 5.32 Å². The molecule has 1 saturated carbocycles. The van der Waals surface area contributed by atoms with E-state index in [1.54, 1.807) is 0 Å². The summed E-state index contributed by atoms with van der Waals surface area (Å²) in [5, 5.41) is 3.17. The molecule has 0 atom stereocenters. The summed E-state index contributed by atoms with van der Waals surface area (Å²) >= 11 is 3.51. The second-order valence-corrected chi connectivity index (χ2v) is 9.82. The van der Waals surface area contributed by atoms with Gasteiger partial charge < -0.3 is 14.8 Å². The van der Waals surface area contributed by atoms with Crippen molar-refractivity contribution >= 4 is 27.6 Å². The smallest absolute Gasteiger partial charge is 0.322 e. The van der Waals surface area contributed by atoms with Gasteiger partial charge in [-0.15, -0.1) is 0 Å². The molecule has 1 N–H and O–H groups in total. The molecule has 0 bridgehead atoms. The highest BCUT2D eigenvalue weighted by Gasteiger charge is 2.26. The third-order valence-electron chi connectivity index (χ3n) is 6.56. The zero-order valence-corrected chi connectivity index (χ0v) is 20.6. The lowest BCUT2D eigenvalue weighted by Gasteiger charge is -2.34. The van der Waals surface area contributed by atoms with E-state index in [4.69, 9.17) is 0 Å². The van der Waals surface area contributed by atoms with Crippen LogP contribution in [-0.4, -0.2) is 21.5 Å². The Balaban J connectivity index is 1.53. The summed E-state index contributed by atoms with van der Waals surface area (Å²) < 4.78 is 3.34. The van der Waals surface area contributed by atoms with E-state index >= 15 is 0 Å². The number of aryl methyl sites for hydroxylation is 2. The fourth-order valence-corrected chi connectivity index (χ4v) is 4.75. The molecule has 4 rings (SSSR count). The molecule has 1 fully saturated rings. The zero-order valence-electron chi connectivity index (χ0n) is 19.0. The van der Waals surface area contributed by atoms with Gasteiger partial charge in [0.1, 0.15) is 0 Å². The number of nitrogens with zero attached hydrogens (tertiary/aromatic N) is 2. The van der Waals surface area contributed by atoms with Crippen molar-refractivity contribution in [2.45, 2.75) is 65.1 Å². The Labute approximate surface area is 199 Å². The van der Waals surface area contributed by atoms with Crippen molar-refractivity contribution in [1.29, 1.82) is 0 Å². The number of amides is 2. The number of urea groups is 1. The number of carbonyl (C=O) groups is 1. The number of halogens is 1. The predicted molar refractivity (Wildman–Crippen MR) is 135 cm³/mol. The number of benzene rings is 2. The molecule has 1 heterocycles. The number of nitrogens with one attached hydrogen (secondary N) is 1. The van der Waals surface area contributed by atoms with E-state index in [0.29, 0.717) is 6.54 Å². The van der Waals surface area contributed by atoms with Crippen LogP contribution in [0.4, 0.5) is 10.5 Å². The van der Waals surface area contributed by atoms with Crippen molar-refractivity contribution in [3.8, 4) is 0 Å². The second kappa shape index (κ2) is 10.4. The lowest BCUT2D eigenvalue weighted by Crippen LogP contribution is -2.43. The van der Waals surface area contributed by atoms with Gasteiger partial charge in [0.05, 0.1) is 6.54 Å². The third-order valence-corrected chi connectivity index (χ3v) is 7.09. The average Bonchev–Trinajstić information content (AvgIpc) is 3.23. The molecule has 1 aliphatic carbocycles. The Morgan fingerprint density at radius 2 is 1.78 bits per heavy atom. The first-order chi connectivity index (χ1) is 15.5. The maximum Gasteiger partial charge on any atom is 0.322 e. The Morgan fingerprint density at radius 3 is 2.50 bits per heavy atom. The van der Waals surface area contributed by atoms with Crippen LogP contribution in [-0.2, 0) is 13.1 Å². The molecular weight excluding hydrogens is 462 g/mol. The summed E-state index contributed by atoms with van der Waals surface area (Å²) in [6.07, 6.45) is 7.91. The molecule has 4 nitrogen and oxygen atoms in total. The number of rotatable bonds is 6. The maximum atomic E-state index is 13.4. The summed E-state index contributed by atoms with van der Waals surface area (Å²) in [5.74, 6) is 0. The molecule has 0 spiro atoms. The van der Waals surface area contributed by atoms with E-state index in [-0.39, 0.29) is 12.1 Å². The third kappa shape index (κ3) is 5.63. The summed E-state index contributed by atoms with van der Waals surface area (Å²) in [6.45, 7) is 5.59. The van der Waals surface area contributed by atoms with E-state index in [1.807, 2.05) is 6.07 Å². The van der Waals surface area contributed by atoms with Crippen molar-refractivity contribution < 1.29 is 4.79 Å². The van der Waals surface area contributed by atoms with E-state index in [1.165, 1.54) is 36.0 Å². The number of hydrogen-bond donors (Lipinski definition) is 1. The molecule has 1 aliphatic rings. The first-order valence-electron chi connectivity index (χ1n) is 11.5. The van der Waals surface area contributed by atoms with Crippen molar-refractivity contribution in [3.63, 3.8) is 0 Å². The van der Waals surface area contributed by atoms with Gasteiger partial charge >= 0.3 is 6.03 Å². The monoisotopic (exact) mass is 493 g/mol. The Bertz CT molecular complexity index is 1050. The SMILES string of the molecule is Cc1ccc(NC(=O)N(Cc2cccn2Cc2ccc(Br)cc2)C2CCCCC2)cc1C. The molecule has 0 unspecified atom stereocenters. The van der Waals surface area contributed by atoms with Gasteiger partial charge in [-0.25, -0.2) is 4.79 Å². The normalized spacial score (nSPS) is 14.3. The lowest BCUT2D eigenvalue weighted by molar-refractivity contribution is 0.161. The van der Waals surface area contributed by atoms with Crippen LogP contribution in [0, 0.1) is 13.8 Å². The number of anilines is 1. The molecule has 32 heavy (non-hydrogen) atoms. The summed E-state index contributed by atoms with van der Waals surface area (Å²) in [7, 11) is 0. The highest BCUT2D eigenvalue weighted by atomic mass is 79.9. The van der Waals surface area contributed by atoms with E-state index in [2.05, 4.69) is 99.3 Å². The van der Waals surface area contributed by atoms with Crippen LogP contribution in [0.3, 0.4) is 0 Å². The van der Waals surface area contributed by atoms with Gasteiger partial charge in [0.25, 0.3) is 0 Å². The molecule has 0 radical (unpaired) electrons. The molecule has 3 aromatic rings. The van der Waals surface area contributed by atoms with Crippen LogP contribution >= 0.6 is 15.9 Å². The van der Waals surface area contributed by atoms with Crippen LogP contribution in [0.2, 0.25) is 0 Å². The number of aromatic nitrogens is 1. The van der Waals surface area contributed by atoms with Crippen LogP contribution in [0.5, 0.6) is 0 Å². The largest absolute Gasteiger partial charge is 0.345 e. The summed E-state index contributed by atoms with van der Waals surface area (Å²) in [4.78, 5) is 15.5. The second-order valence-electron chi connectivity index (χ2n) is 8.90. The Hall–Kier alpha value is -2.53. The highest BCUT2D eigenvalue weighted by molar-refractivity contribution is 9.10. The van der Waals surface area contributed by atoms with Gasteiger partial charge in [0.15, 0.2) is 0 Å². The standard InChI is InChI=1S/C27H32BrN3O/c1-20-10-15-24(17-21(20)2)29-27(32)31(25-7-4-3-5-8-25)19-26-9-6-16-30(26)18-22-11-13-23(28)14-12-22/h6,9-17,25H,3-5,7-8,18-19H2,1-2H3,(H,29,32). The van der Waals surface area contributed by atoms with E-state index in [9.17, 15) is 4.79 Å². The highest BCUT2D eigenvalue weighted by Crippen LogP contribution is 2.26. The molecular formula is C27H32BrN3O. The van der Waals surface area contributed by atoms with Crippen molar-refractivity contribution in [3.05, 3.63) is 87.7 Å². The molecule has 0 aliphatic heterocycles. The van der Waals surface area contributed by atoms with Gasteiger partial charge in [-0.05, 0) is 79.8 Å². The minimum Gasteiger partial charge on any atom is -0.345 e. The van der Waals surface area contributed by atoms with Gasteiger partial charge in [-0.2, -0.15) is 0 Å². The Morgan fingerprint density at radius 1 is 1.03 bits per heavy atom. The van der Waals surface area contributed by atoms with Crippen LogP contribution in [0.15, 0.2) is 65.3 Å². The van der Waals surface area contributed by atoms with Crippen LogP contribution in [0.25, 0.3) is 0 Å². The van der Waals surface area contributed by atoms with Gasteiger partial charge in [0.2, 0.25) is 0 Å². The predicted octanol–water partition coefficient (Wildman–Crippen LogP) is 7.28. The van der Waals surface area contributed by atoms with E-state index in [0.717, 1.165) is 35.2 Å². The Kier molecular flexibility index (Phi) is 7.36. The average molecular weight is 494 g/mol. The minimum absolute atomic E-state index is 0.00320. The zero-order chi connectivity index (χ0) is 22.5. The van der Waals surface area contributed by atoms with Crippen molar-refractivity contribution in [2.75, 3.05) is 5.32 Å². The summed E-state index contributed by atoms with van der Waals surface area (Å²) in [6, 6.07) is 19.0. The topological polar surface area (TPSA) is 37.3 Å². The number of carbonyl (C=O) groups excluding carboxylic acids is 1. The summed E-state index contributed by atoms with van der Waals surface area (Å²) in [5.41, 5.74) is 5.70.